The van der Waals surface area contributed by atoms with Crippen molar-refractivity contribution in [2.24, 2.45) is 7.05 Å². The number of amides is 1. The predicted molar refractivity (Wildman–Crippen MR) is 142 cm³/mol. The number of carbonyl (C=O) groups excluding carboxylic acids is 2. The third kappa shape index (κ3) is 5.77. The Morgan fingerprint density at radius 1 is 1.11 bits per heavy atom. The Morgan fingerprint density at radius 3 is 2.53 bits per heavy atom. The van der Waals surface area contributed by atoms with Crippen LogP contribution in [0.1, 0.15) is 34.8 Å². The van der Waals surface area contributed by atoms with Crippen LogP contribution in [0.15, 0.2) is 65.1 Å². The van der Waals surface area contributed by atoms with Crippen LogP contribution in [-0.4, -0.2) is 39.5 Å². The van der Waals surface area contributed by atoms with E-state index in [1.807, 2.05) is 85.4 Å². The Kier molecular flexibility index (Phi) is 8.07. The van der Waals surface area contributed by atoms with Crippen molar-refractivity contribution in [2.45, 2.75) is 25.1 Å². The number of hydrogen-bond donors (Lipinski definition) is 1. The van der Waals surface area contributed by atoms with Gasteiger partial charge in [-0.3, -0.25) is 4.79 Å². The minimum Gasteiger partial charge on any atom is -0.483 e. The van der Waals surface area contributed by atoms with Gasteiger partial charge in [0, 0.05) is 18.0 Å². The van der Waals surface area contributed by atoms with Crippen LogP contribution >= 0.6 is 23.1 Å². The number of methoxy groups -OCH3 is 1. The second kappa shape index (κ2) is 11.4. The standard InChI is InChI=1S/C26H26N4O4S2/c1-16-10-12-19(13-11-16)34-17(2)23-28-29-26(30(23)3)36-15-21(31)27-24-22(25(32)33-4)20(14-35-24)18-8-6-5-7-9-18/h5-14,17H,15H2,1-4H3,(H,27,31). The zero-order valence-corrected chi connectivity index (χ0v) is 22.0. The summed E-state index contributed by atoms with van der Waals surface area (Å²) in [5.74, 6) is 0.728. The number of aromatic nitrogens is 3. The summed E-state index contributed by atoms with van der Waals surface area (Å²) in [6.45, 7) is 3.92. The fourth-order valence-corrected chi connectivity index (χ4v) is 5.25. The Balaban J connectivity index is 1.41. The molecule has 0 aliphatic rings. The number of anilines is 1. The number of ether oxygens (including phenoxy) is 2. The minimum absolute atomic E-state index is 0.0956. The van der Waals surface area contributed by atoms with Crippen LogP contribution in [0.3, 0.4) is 0 Å². The van der Waals surface area contributed by atoms with Gasteiger partial charge in [-0.1, -0.05) is 59.8 Å². The molecule has 36 heavy (non-hydrogen) atoms. The third-order valence-corrected chi connectivity index (χ3v) is 7.33. The zero-order valence-electron chi connectivity index (χ0n) is 20.3. The van der Waals surface area contributed by atoms with Crippen LogP contribution in [0.4, 0.5) is 5.00 Å². The maximum absolute atomic E-state index is 12.8. The normalized spacial score (nSPS) is 11.7. The van der Waals surface area contributed by atoms with E-state index < -0.39 is 5.97 Å². The third-order valence-electron chi connectivity index (χ3n) is 5.42. The lowest BCUT2D eigenvalue weighted by Gasteiger charge is -2.14. The first kappa shape index (κ1) is 25.5. The Labute approximate surface area is 217 Å². The van der Waals surface area contributed by atoms with Gasteiger partial charge in [0.15, 0.2) is 17.1 Å². The van der Waals surface area contributed by atoms with E-state index in [1.165, 1.54) is 30.2 Å². The number of hydrogen-bond acceptors (Lipinski definition) is 8. The first-order valence-electron chi connectivity index (χ1n) is 11.2. The molecule has 1 amide bonds. The first-order valence-corrected chi connectivity index (χ1v) is 13.0. The lowest BCUT2D eigenvalue weighted by molar-refractivity contribution is -0.113. The van der Waals surface area contributed by atoms with E-state index in [-0.39, 0.29) is 17.8 Å². The zero-order chi connectivity index (χ0) is 25.7. The number of thiophene rings is 1. The maximum atomic E-state index is 12.8. The van der Waals surface area contributed by atoms with Crippen molar-refractivity contribution >= 4 is 40.0 Å². The summed E-state index contributed by atoms with van der Waals surface area (Å²) in [5, 5.41) is 14.2. The smallest absolute Gasteiger partial charge is 0.341 e. The fourth-order valence-electron chi connectivity index (χ4n) is 3.56. The number of aryl methyl sites for hydroxylation is 1. The molecule has 0 spiro atoms. The molecule has 186 valence electrons. The molecule has 1 atom stereocenters. The van der Waals surface area contributed by atoms with Gasteiger partial charge in [-0.25, -0.2) is 4.79 Å². The lowest BCUT2D eigenvalue weighted by atomic mass is 10.0. The molecule has 1 N–H and O–H groups in total. The van der Waals surface area contributed by atoms with Crippen LogP contribution < -0.4 is 10.1 Å². The summed E-state index contributed by atoms with van der Waals surface area (Å²) in [4.78, 5) is 25.3. The molecule has 2 heterocycles. The highest BCUT2D eigenvalue weighted by atomic mass is 32.2. The fraction of sp³-hybridized carbons (Fsp3) is 0.231. The number of carbonyl (C=O) groups is 2. The van der Waals surface area contributed by atoms with Crippen molar-refractivity contribution in [3.63, 3.8) is 0 Å². The summed E-state index contributed by atoms with van der Waals surface area (Å²) in [6, 6.07) is 17.3. The van der Waals surface area contributed by atoms with Crippen molar-refractivity contribution in [3.8, 4) is 16.9 Å². The van der Waals surface area contributed by atoms with Gasteiger partial charge in [0.25, 0.3) is 0 Å². The topological polar surface area (TPSA) is 95.3 Å². The van der Waals surface area contributed by atoms with Gasteiger partial charge in [0.1, 0.15) is 16.3 Å². The number of thioether (sulfide) groups is 1. The van der Waals surface area contributed by atoms with E-state index in [0.29, 0.717) is 21.5 Å². The van der Waals surface area contributed by atoms with Crippen molar-refractivity contribution in [1.29, 1.82) is 0 Å². The van der Waals surface area contributed by atoms with E-state index >= 15 is 0 Å². The van der Waals surface area contributed by atoms with Gasteiger partial charge >= 0.3 is 5.97 Å². The first-order chi connectivity index (χ1) is 17.4. The molecule has 0 radical (unpaired) electrons. The molecule has 0 fully saturated rings. The molecular formula is C26H26N4O4S2. The van der Waals surface area contributed by atoms with Crippen molar-refractivity contribution in [1.82, 2.24) is 14.8 Å². The molecule has 4 rings (SSSR count). The highest BCUT2D eigenvalue weighted by Crippen LogP contribution is 2.36. The van der Waals surface area contributed by atoms with Crippen LogP contribution in [0.5, 0.6) is 5.75 Å². The minimum atomic E-state index is -0.501. The molecular weight excluding hydrogens is 496 g/mol. The summed E-state index contributed by atoms with van der Waals surface area (Å²) in [5.41, 5.74) is 3.09. The molecule has 8 nitrogen and oxygen atoms in total. The van der Waals surface area contributed by atoms with Crippen LogP contribution in [-0.2, 0) is 16.6 Å². The van der Waals surface area contributed by atoms with Gasteiger partial charge in [0.2, 0.25) is 5.91 Å². The van der Waals surface area contributed by atoms with Gasteiger partial charge in [0.05, 0.1) is 12.9 Å². The second-order valence-corrected chi connectivity index (χ2v) is 9.84. The van der Waals surface area contributed by atoms with Crippen LogP contribution in [0, 0.1) is 6.92 Å². The molecule has 0 aliphatic heterocycles. The van der Waals surface area contributed by atoms with Crippen molar-refractivity contribution < 1.29 is 19.1 Å². The number of nitrogens with zero attached hydrogens (tertiary/aromatic N) is 3. The molecule has 0 saturated carbocycles. The Morgan fingerprint density at radius 2 is 1.83 bits per heavy atom. The lowest BCUT2D eigenvalue weighted by Crippen LogP contribution is -2.16. The Hall–Kier alpha value is -3.63. The van der Waals surface area contributed by atoms with E-state index in [0.717, 1.165) is 22.4 Å². The Bertz CT molecular complexity index is 1350. The quantitative estimate of drug-likeness (QED) is 0.229. The van der Waals surface area contributed by atoms with Gasteiger partial charge in [-0.15, -0.1) is 21.5 Å². The summed E-state index contributed by atoms with van der Waals surface area (Å²) < 4.78 is 12.8. The molecule has 2 aromatic carbocycles. The maximum Gasteiger partial charge on any atom is 0.341 e. The number of nitrogens with one attached hydrogen (secondary N) is 1. The highest BCUT2D eigenvalue weighted by molar-refractivity contribution is 7.99. The molecule has 10 heteroatoms. The number of esters is 1. The molecule has 0 bridgehead atoms. The molecule has 1 unspecified atom stereocenters. The summed E-state index contributed by atoms with van der Waals surface area (Å²) in [7, 11) is 3.16. The highest BCUT2D eigenvalue weighted by Gasteiger charge is 2.23. The SMILES string of the molecule is COC(=O)c1c(-c2ccccc2)csc1NC(=O)CSc1nnc(C(C)Oc2ccc(C)cc2)n1C. The molecule has 4 aromatic rings. The molecule has 0 saturated heterocycles. The van der Waals surface area contributed by atoms with Crippen LogP contribution in [0.25, 0.3) is 11.1 Å². The van der Waals surface area contributed by atoms with E-state index in [2.05, 4.69) is 15.5 Å². The van der Waals surface area contributed by atoms with E-state index in [1.54, 1.807) is 0 Å². The second-order valence-electron chi connectivity index (χ2n) is 8.02. The predicted octanol–water partition coefficient (Wildman–Crippen LogP) is 5.51. The molecule has 2 aromatic heterocycles. The van der Waals surface area contributed by atoms with Gasteiger partial charge in [-0.2, -0.15) is 0 Å². The largest absolute Gasteiger partial charge is 0.483 e. The van der Waals surface area contributed by atoms with Gasteiger partial charge < -0.3 is 19.4 Å². The van der Waals surface area contributed by atoms with Gasteiger partial charge in [-0.05, 0) is 31.5 Å². The average molecular weight is 523 g/mol. The van der Waals surface area contributed by atoms with Crippen molar-refractivity contribution in [3.05, 3.63) is 76.9 Å². The van der Waals surface area contributed by atoms with E-state index in [9.17, 15) is 9.59 Å². The van der Waals surface area contributed by atoms with Crippen LogP contribution in [0.2, 0.25) is 0 Å². The molecule has 0 aliphatic carbocycles. The van der Waals surface area contributed by atoms with Crippen molar-refractivity contribution in [2.75, 3.05) is 18.2 Å². The summed E-state index contributed by atoms with van der Waals surface area (Å²) in [6.07, 6.45) is -0.321. The number of benzene rings is 2. The van der Waals surface area contributed by atoms with E-state index in [4.69, 9.17) is 9.47 Å². The monoisotopic (exact) mass is 522 g/mol. The number of rotatable bonds is 9. The average Bonchev–Trinajstić information content (AvgIpc) is 3.47. The summed E-state index contributed by atoms with van der Waals surface area (Å²) >= 11 is 2.54.